The number of hydrogen-bond donors (Lipinski definition) is 0. The topological polar surface area (TPSA) is 35.5 Å². The number of rotatable bonds is 4. The maximum atomic E-state index is 12.2. The van der Waals surface area contributed by atoms with Crippen molar-refractivity contribution in [2.75, 3.05) is 13.2 Å². The lowest BCUT2D eigenvalue weighted by Gasteiger charge is -2.24. The maximum Gasteiger partial charge on any atom is 0.176 e. The first kappa shape index (κ1) is 13.4. The average Bonchev–Trinajstić information content (AvgIpc) is 2.39. The van der Waals surface area contributed by atoms with Gasteiger partial charge in [-0.2, -0.15) is 0 Å². The maximum absolute atomic E-state index is 12.2. The minimum atomic E-state index is -0.438. The number of carbonyl (C=O) groups is 1. The summed E-state index contributed by atoms with van der Waals surface area (Å²) in [6, 6.07) is 7.11. The molecule has 3 nitrogen and oxygen atoms in total. The molecule has 1 unspecified atom stereocenters. The van der Waals surface area contributed by atoms with Gasteiger partial charge in [0, 0.05) is 24.2 Å². The van der Waals surface area contributed by atoms with Crippen molar-refractivity contribution in [1.29, 1.82) is 0 Å². The molecule has 0 N–H and O–H groups in total. The van der Waals surface area contributed by atoms with Crippen molar-refractivity contribution in [2.24, 2.45) is 5.92 Å². The Kier molecular flexibility index (Phi) is 4.61. The van der Waals surface area contributed by atoms with Crippen LogP contribution in [-0.2, 0) is 9.53 Å². The van der Waals surface area contributed by atoms with E-state index in [1.54, 1.807) is 25.1 Å². The van der Waals surface area contributed by atoms with Crippen molar-refractivity contribution in [3.8, 4) is 5.75 Å². The van der Waals surface area contributed by atoms with E-state index in [4.69, 9.17) is 21.1 Å². The average molecular weight is 269 g/mol. The Morgan fingerprint density at radius 1 is 1.44 bits per heavy atom. The predicted molar refractivity (Wildman–Crippen MR) is 70.1 cm³/mol. The molecule has 2 rings (SSSR count). The molecule has 0 bridgehead atoms. The molecule has 18 heavy (non-hydrogen) atoms. The van der Waals surface area contributed by atoms with Gasteiger partial charge in [-0.3, -0.25) is 4.79 Å². The summed E-state index contributed by atoms with van der Waals surface area (Å²) in [6.45, 7) is 3.12. The second kappa shape index (κ2) is 6.21. The number of Topliss-reactive ketones (excluding diaryl/α,β-unsaturated/α-hetero) is 1. The highest BCUT2D eigenvalue weighted by atomic mass is 35.5. The highest BCUT2D eigenvalue weighted by Gasteiger charge is 2.27. The van der Waals surface area contributed by atoms with Gasteiger partial charge in [0.2, 0.25) is 0 Å². The summed E-state index contributed by atoms with van der Waals surface area (Å²) in [4.78, 5) is 12.2. The van der Waals surface area contributed by atoms with E-state index in [0.29, 0.717) is 24.0 Å². The van der Waals surface area contributed by atoms with Crippen molar-refractivity contribution in [3.63, 3.8) is 0 Å². The van der Waals surface area contributed by atoms with Crippen LogP contribution in [0.2, 0.25) is 5.02 Å². The Hall–Kier alpha value is -1.06. The molecule has 0 aromatic heterocycles. The molecular formula is C14H17ClO3. The summed E-state index contributed by atoms with van der Waals surface area (Å²) in [6.07, 6.45) is 1.15. The van der Waals surface area contributed by atoms with E-state index in [-0.39, 0.29) is 11.7 Å². The number of ketones is 1. The van der Waals surface area contributed by atoms with Crippen LogP contribution in [0.3, 0.4) is 0 Å². The molecule has 0 spiro atoms. The third-order valence-electron chi connectivity index (χ3n) is 3.13. The molecular weight excluding hydrogens is 252 g/mol. The number of carbonyl (C=O) groups excluding carboxylic acids is 1. The first-order chi connectivity index (χ1) is 8.66. The summed E-state index contributed by atoms with van der Waals surface area (Å²) in [5, 5.41) is 0.609. The molecule has 0 amide bonds. The van der Waals surface area contributed by atoms with Crippen LogP contribution < -0.4 is 4.74 Å². The molecule has 4 heteroatoms. The smallest absolute Gasteiger partial charge is 0.176 e. The van der Waals surface area contributed by atoms with Gasteiger partial charge < -0.3 is 9.47 Å². The van der Waals surface area contributed by atoms with Gasteiger partial charge in [-0.15, -0.1) is 0 Å². The zero-order valence-corrected chi connectivity index (χ0v) is 11.2. The van der Waals surface area contributed by atoms with Crippen molar-refractivity contribution in [3.05, 3.63) is 29.3 Å². The molecule has 1 aliphatic rings. The van der Waals surface area contributed by atoms with Crippen LogP contribution >= 0.6 is 11.6 Å². The van der Waals surface area contributed by atoms with Crippen LogP contribution in [0.1, 0.15) is 19.8 Å². The van der Waals surface area contributed by atoms with Crippen LogP contribution in [0.4, 0.5) is 0 Å². The number of benzene rings is 1. The van der Waals surface area contributed by atoms with Crippen LogP contribution in [-0.4, -0.2) is 25.1 Å². The molecule has 0 saturated carbocycles. The summed E-state index contributed by atoms with van der Waals surface area (Å²) >= 11 is 5.88. The Morgan fingerprint density at radius 2 is 2.17 bits per heavy atom. The van der Waals surface area contributed by atoms with Gasteiger partial charge in [0.25, 0.3) is 0 Å². The van der Waals surface area contributed by atoms with E-state index < -0.39 is 6.10 Å². The highest BCUT2D eigenvalue weighted by molar-refractivity contribution is 6.30. The fraction of sp³-hybridized carbons (Fsp3) is 0.500. The fourth-order valence-electron chi connectivity index (χ4n) is 2.12. The number of hydrogen-bond acceptors (Lipinski definition) is 3. The van der Waals surface area contributed by atoms with E-state index in [0.717, 1.165) is 12.8 Å². The SMILES string of the molecule is CC(Oc1cccc(Cl)c1)C(=O)C1CCOCC1. The molecule has 98 valence electrons. The lowest BCUT2D eigenvalue weighted by atomic mass is 9.93. The number of halogens is 1. The third kappa shape index (κ3) is 3.47. The second-order valence-corrected chi connectivity index (χ2v) is 4.94. The first-order valence-electron chi connectivity index (χ1n) is 6.20. The Labute approximate surface area is 112 Å². The van der Waals surface area contributed by atoms with Crippen LogP contribution in [0.15, 0.2) is 24.3 Å². The normalized spacial score (nSPS) is 18.3. The van der Waals surface area contributed by atoms with E-state index in [1.807, 2.05) is 6.07 Å². The molecule has 1 atom stereocenters. The molecule has 1 aromatic rings. The highest BCUT2D eigenvalue weighted by Crippen LogP contribution is 2.22. The first-order valence-corrected chi connectivity index (χ1v) is 6.58. The second-order valence-electron chi connectivity index (χ2n) is 4.51. The molecule has 1 fully saturated rings. The Morgan fingerprint density at radius 3 is 2.83 bits per heavy atom. The quantitative estimate of drug-likeness (QED) is 0.842. The summed E-state index contributed by atoms with van der Waals surface area (Å²) in [7, 11) is 0. The lowest BCUT2D eigenvalue weighted by Crippen LogP contribution is -2.33. The largest absolute Gasteiger partial charge is 0.483 e. The third-order valence-corrected chi connectivity index (χ3v) is 3.37. The van der Waals surface area contributed by atoms with Gasteiger partial charge in [0.1, 0.15) is 5.75 Å². The fourth-order valence-corrected chi connectivity index (χ4v) is 2.30. The van der Waals surface area contributed by atoms with Crippen LogP contribution in [0.25, 0.3) is 0 Å². The van der Waals surface area contributed by atoms with Crippen LogP contribution in [0, 0.1) is 5.92 Å². The van der Waals surface area contributed by atoms with Gasteiger partial charge in [-0.05, 0) is 38.0 Å². The van der Waals surface area contributed by atoms with Crippen molar-refractivity contribution in [2.45, 2.75) is 25.9 Å². The van der Waals surface area contributed by atoms with Crippen LogP contribution in [0.5, 0.6) is 5.75 Å². The van der Waals surface area contributed by atoms with Crippen molar-refractivity contribution >= 4 is 17.4 Å². The van der Waals surface area contributed by atoms with E-state index in [1.165, 1.54) is 0 Å². The van der Waals surface area contributed by atoms with Gasteiger partial charge >= 0.3 is 0 Å². The molecule has 1 heterocycles. The predicted octanol–water partition coefficient (Wildman–Crippen LogP) is 3.10. The Bertz CT molecular complexity index is 413. The zero-order chi connectivity index (χ0) is 13.0. The summed E-state index contributed by atoms with van der Waals surface area (Å²) in [5.74, 6) is 0.849. The van der Waals surface area contributed by atoms with Gasteiger partial charge in [-0.1, -0.05) is 17.7 Å². The molecule has 1 saturated heterocycles. The van der Waals surface area contributed by atoms with E-state index >= 15 is 0 Å². The van der Waals surface area contributed by atoms with E-state index in [2.05, 4.69) is 0 Å². The van der Waals surface area contributed by atoms with Crippen molar-refractivity contribution < 1.29 is 14.3 Å². The Balaban J connectivity index is 1.94. The zero-order valence-electron chi connectivity index (χ0n) is 10.4. The minimum absolute atomic E-state index is 0.0629. The van der Waals surface area contributed by atoms with Gasteiger partial charge in [-0.25, -0.2) is 0 Å². The summed E-state index contributed by atoms with van der Waals surface area (Å²) in [5.41, 5.74) is 0. The molecule has 1 aromatic carbocycles. The summed E-state index contributed by atoms with van der Waals surface area (Å²) < 4.78 is 10.9. The van der Waals surface area contributed by atoms with E-state index in [9.17, 15) is 4.79 Å². The molecule has 0 radical (unpaired) electrons. The minimum Gasteiger partial charge on any atom is -0.483 e. The lowest BCUT2D eigenvalue weighted by molar-refractivity contribution is -0.132. The van der Waals surface area contributed by atoms with Gasteiger partial charge in [0.15, 0.2) is 11.9 Å². The monoisotopic (exact) mass is 268 g/mol. The van der Waals surface area contributed by atoms with Gasteiger partial charge in [0.05, 0.1) is 0 Å². The van der Waals surface area contributed by atoms with Crippen molar-refractivity contribution in [1.82, 2.24) is 0 Å². The molecule has 1 aliphatic heterocycles. The molecule has 0 aliphatic carbocycles. The standard InChI is InChI=1S/C14H17ClO3/c1-10(14(16)11-5-7-17-8-6-11)18-13-4-2-3-12(15)9-13/h2-4,9-11H,5-8H2,1H3. The number of ether oxygens (including phenoxy) is 2.